The molecule has 4 N–H and O–H groups in total. The van der Waals surface area contributed by atoms with Crippen LogP contribution in [0.2, 0.25) is 0 Å². The Kier molecular flexibility index (Phi) is 9.78. The number of nitrogens with two attached hydrogens (primary N) is 1. The van der Waals surface area contributed by atoms with Gasteiger partial charge in [-0.15, -0.1) is 0 Å². The number of ether oxygens (including phenoxy) is 1. The van der Waals surface area contributed by atoms with E-state index in [1.165, 1.54) is 4.90 Å². The first-order valence-electron chi connectivity index (χ1n) is 12.5. The number of amides is 4. The van der Waals surface area contributed by atoms with E-state index in [-0.39, 0.29) is 25.8 Å². The molecule has 2 rings (SSSR count). The summed E-state index contributed by atoms with van der Waals surface area (Å²) in [7, 11) is 0. The lowest BCUT2D eigenvalue weighted by Gasteiger charge is -2.36. The van der Waals surface area contributed by atoms with E-state index in [0.29, 0.717) is 19.3 Å². The van der Waals surface area contributed by atoms with E-state index in [4.69, 9.17) is 10.5 Å². The average Bonchev–Trinajstić information content (AvgIpc) is 3.25. The van der Waals surface area contributed by atoms with E-state index in [1.54, 1.807) is 27.7 Å². The number of nitrogens with one attached hydrogen (secondary N) is 2. The van der Waals surface area contributed by atoms with Gasteiger partial charge >= 0.3 is 6.09 Å². The molecule has 2 fully saturated rings. The van der Waals surface area contributed by atoms with Crippen molar-refractivity contribution in [2.45, 2.75) is 109 Å². The number of Topliss-reactive ketones (excluding diaryl/α,β-unsaturated/α-hetero) is 1. The predicted octanol–water partition coefficient (Wildman–Crippen LogP) is 2.04. The molecule has 204 valence electrons. The number of alkyl carbamates (subject to hydrolysis) is 1. The van der Waals surface area contributed by atoms with Crippen molar-refractivity contribution in [2.75, 3.05) is 6.54 Å². The highest BCUT2D eigenvalue weighted by Crippen LogP contribution is 2.38. The van der Waals surface area contributed by atoms with E-state index in [1.807, 2.05) is 0 Å². The van der Waals surface area contributed by atoms with Crippen molar-refractivity contribution < 1.29 is 37.5 Å². The standard InChI is InChI=1S/C24H38F2N4O6/c1-5-7-15(18(31)19(27)32)28-20(33)16-8-6-13-30(16)21(34)17(29-22(35)36-23(2,3)4)14-9-11-24(25,26)12-10-14/h14-17H,5-13H2,1-4H3,(H2,27,32)(H,28,33)(H,29,35). The second-order valence-corrected chi connectivity index (χ2v) is 10.6. The summed E-state index contributed by atoms with van der Waals surface area (Å²) in [6, 6.07) is -3.19. The summed E-state index contributed by atoms with van der Waals surface area (Å²) in [5, 5.41) is 5.09. The number of rotatable bonds is 9. The third kappa shape index (κ3) is 8.12. The van der Waals surface area contributed by atoms with E-state index in [9.17, 15) is 32.8 Å². The maximum Gasteiger partial charge on any atom is 0.408 e. The number of hydrogen-bond acceptors (Lipinski definition) is 6. The van der Waals surface area contributed by atoms with Crippen LogP contribution < -0.4 is 16.4 Å². The highest BCUT2D eigenvalue weighted by Gasteiger charge is 2.45. The van der Waals surface area contributed by atoms with Crippen molar-refractivity contribution in [3.8, 4) is 0 Å². The van der Waals surface area contributed by atoms with Gasteiger partial charge in [-0.1, -0.05) is 13.3 Å². The van der Waals surface area contributed by atoms with Gasteiger partial charge in [0.05, 0.1) is 6.04 Å². The molecule has 1 saturated carbocycles. The molecule has 0 spiro atoms. The first kappa shape index (κ1) is 29.4. The number of alkyl halides is 2. The van der Waals surface area contributed by atoms with Crippen molar-refractivity contribution in [1.82, 2.24) is 15.5 Å². The SMILES string of the molecule is CCCC(NC(=O)C1CCCN1C(=O)C(NC(=O)OC(C)(C)C)C1CCC(F)(F)CC1)C(=O)C(N)=O. The molecule has 1 heterocycles. The minimum Gasteiger partial charge on any atom is -0.444 e. The van der Waals surface area contributed by atoms with Crippen molar-refractivity contribution >= 4 is 29.6 Å². The number of hydrogen-bond donors (Lipinski definition) is 3. The molecular formula is C24H38F2N4O6. The van der Waals surface area contributed by atoms with Gasteiger partial charge < -0.3 is 26.0 Å². The Hall–Kier alpha value is -2.79. The number of carbonyl (C=O) groups is 5. The van der Waals surface area contributed by atoms with E-state index >= 15 is 0 Å². The Labute approximate surface area is 210 Å². The lowest BCUT2D eigenvalue weighted by molar-refractivity contribution is -0.143. The fraction of sp³-hybridized carbons (Fsp3) is 0.792. The van der Waals surface area contributed by atoms with Crippen LogP contribution >= 0.6 is 0 Å². The average molecular weight is 517 g/mol. The molecule has 4 amide bonds. The summed E-state index contributed by atoms with van der Waals surface area (Å²) >= 11 is 0. The summed E-state index contributed by atoms with van der Waals surface area (Å²) in [6.07, 6.45) is -0.112. The summed E-state index contributed by atoms with van der Waals surface area (Å²) in [5.74, 6) is -6.65. The van der Waals surface area contributed by atoms with Crippen LogP contribution in [-0.4, -0.2) is 70.7 Å². The van der Waals surface area contributed by atoms with Crippen LogP contribution in [0.1, 0.15) is 79.1 Å². The fourth-order valence-corrected chi connectivity index (χ4v) is 4.69. The molecule has 0 aromatic heterocycles. The van der Waals surface area contributed by atoms with Gasteiger partial charge in [0.25, 0.3) is 5.91 Å². The monoisotopic (exact) mass is 516 g/mol. The minimum absolute atomic E-state index is 0.0234. The van der Waals surface area contributed by atoms with Gasteiger partial charge in [0.15, 0.2) is 0 Å². The van der Waals surface area contributed by atoms with Gasteiger partial charge in [0.2, 0.25) is 23.5 Å². The Morgan fingerprint density at radius 1 is 1.08 bits per heavy atom. The molecule has 0 aromatic rings. The first-order chi connectivity index (χ1) is 16.6. The Morgan fingerprint density at radius 2 is 1.69 bits per heavy atom. The molecular weight excluding hydrogens is 478 g/mol. The van der Waals surface area contributed by atoms with Crippen molar-refractivity contribution in [3.63, 3.8) is 0 Å². The van der Waals surface area contributed by atoms with Crippen LogP contribution in [0.4, 0.5) is 13.6 Å². The number of primary amides is 1. The summed E-state index contributed by atoms with van der Waals surface area (Å²) in [5.41, 5.74) is 4.25. The van der Waals surface area contributed by atoms with Gasteiger partial charge in [-0.05, 0) is 58.8 Å². The molecule has 0 radical (unpaired) electrons. The molecule has 3 atom stereocenters. The summed E-state index contributed by atoms with van der Waals surface area (Å²) in [6.45, 7) is 6.97. The third-order valence-electron chi connectivity index (χ3n) is 6.46. The van der Waals surface area contributed by atoms with Crippen LogP contribution in [-0.2, 0) is 23.9 Å². The number of nitrogens with zero attached hydrogens (tertiary/aromatic N) is 1. The van der Waals surface area contributed by atoms with Gasteiger partial charge in [-0.2, -0.15) is 0 Å². The normalized spacial score (nSPS) is 21.8. The van der Waals surface area contributed by atoms with Crippen LogP contribution in [0, 0.1) is 5.92 Å². The molecule has 12 heteroatoms. The lowest BCUT2D eigenvalue weighted by Crippen LogP contribution is -2.58. The number of ketones is 1. The number of likely N-dealkylation sites (tertiary alicyclic amines) is 1. The lowest BCUT2D eigenvalue weighted by atomic mass is 9.81. The zero-order chi connectivity index (χ0) is 27.3. The molecule has 10 nitrogen and oxygen atoms in total. The van der Waals surface area contributed by atoms with E-state index in [2.05, 4.69) is 10.6 Å². The molecule has 36 heavy (non-hydrogen) atoms. The summed E-state index contributed by atoms with van der Waals surface area (Å²) in [4.78, 5) is 64.0. The van der Waals surface area contributed by atoms with Crippen LogP contribution in [0.25, 0.3) is 0 Å². The Bertz CT molecular complexity index is 850. The fourth-order valence-electron chi connectivity index (χ4n) is 4.69. The molecule has 0 aromatic carbocycles. The Morgan fingerprint density at radius 3 is 2.22 bits per heavy atom. The van der Waals surface area contributed by atoms with Crippen LogP contribution in [0.3, 0.4) is 0 Å². The topological polar surface area (TPSA) is 148 Å². The number of carbonyl (C=O) groups excluding carboxylic acids is 5. The summed E-state index contributed by atoms with van der Waals surface area (Å²) < 4.78 is 32.8. The molecule has 0 bridgehead atoms. The molecule has 3 unspecified atom stereocenters. The minimum atomic E-state index is -2.83. The van der Waals surface area contributed by atoms with Crippen molar-refractivity contribution in [1.29, 1.82) is 0 Å². The molecule has 2 aliphatic rings. The van der Waals surface area contributed by atoms with Gasteiger partial charge in [-0.3, -0.25) is 19.2 Å². The van der Waals surface area contributed by atoms with Crippen molar-refractivity contribution in [3.05, 3.63) is 0 Å². The highest BCUT2D eigenvalue weighted by atomic mass is 19.3. The Balaban J connectivity index is 2.22. The zero-order valence-electron chi connectivity index (χ0n) is 21.4. The van der Waals surface area contributed by atoms with Gasteiger partial charge in [0.1, 0.15) is 17.7 Å². The van der Waals surface area contributed by atoms with E-state index in [0.717, 1.165) is 0 Å². The quantitative estimate of drug-likeness (QED) is 0.400. The smallest absolute Gasteiger partial charge is 0.408 e. The van der Waals surface area contributed by atoms with Crippen molar-refractivity contribution in [2.24, 2.45) is 11.7 Å². The van der Waals surface area contributed by atoms with Gasteiger partial charge in [0, 0.05) is 19.4 Å². The predicted molar refractivity (Wildman–Crippen MR) is 126 cm³/mol. The first-order valence-corrected chi connectivity index (χ1v) is 12.5. The molecule has 1 aliphatic carbocycles. The van der Waals surface area contributed by atoms with Crippen LogP contribution in [0.15, 0.2) is 0 Å². The van der Waals surface area contributed by atoms with Gasteiger partial charge in [-0.25, -0.2) is 13.6 Å². The maximum atomic E-state index is 13.8. The second-order valence-electron chi connectivity index (χ2n) is 10.6. The highest BCUT2D eigenvalue weighted by molar-refractivity contribution is 6.37. The van der Waals surface area contributed by atoms with Crippen LogP contribution in [0.5, 0.6) is 0 Å². The largest absolute Gasteiger partial charge is 0.444 e. The molecule has 1 saturated heterocycles. The second kappa shape index (κ2) is 12.0. The van der Waals surface area contributed by atoms with E-state index < -0.39 is 78.0 Å². The third-order valence-corrected chi connectivity index (χ3v) is 6.46. The zero-order valence-corrected chi connectivity index (χ0v) is 21.4. The molecule has 1 aliphatic heterocycles. The maximum absolute atomic E-state index is 13.8. The number of halogens is 2.